The number of anilines is 4. The smallest absolute Gasteiger partial charge is 0.334 e. The van der Waals surface area contributed by atoms with Gasteiger partial charge in [-0.2, -0.15) is 4.31 Å². The van der Waals surface area contributed by atoms with Crippen molar-refractivity contribution in [3.63, 3.8) is 0 Å². The molecule has 0 radical (unpaired) electrons. The van der Waals surface area contributed by atoms with Gasteiger partial charge in [-0.25, -0.2) is 27.2 Å². The summed E-state index contributed by atoms with van der Waals surface area (Å²) in [5.41, 5.74) is -0.632. The fraction of sp³-hybridized carbons (Fsp3) is 0.200. The summed E-state index contributed by atoms with van der Waals surface area (Å²) < 4.78 is 53.9. The number of hydrogen-bond donors (Lipinski definition) is 2. The second kappa shape index (κ2) is 9.83. The molecule has 10 nitrogen and oxygen atoms in total. The Morgan fingerprint density at radius 1 is 1.00 bits per heavy atom. The Hall–Kier alpha value is -3.71. The summed E-state index contributed by atoms with van der Waals surface area (Å²) in [6.45, 7) is 4.08. The predicted molar refractivity (Wildman–Crippen MR) is 118 cm³/mol. The maximum atomic E-state index is 14.0. The molecule has 0 bridgehead atoms. The van der Waals surface area contributed by atoms with Gasteiger partial charge >= 0.3 is 5.69 Å². The monoisotopic (exact) mass is 478 g/mol. The molecule has 174 valence electrons. The van der Waals surface area contributed by atoms with Crippen LogP contribution in [0.2, 0.25) is 0 Å². The second-order valence-corrected chi connectivity index (χ2v) is 8.60. The third-order valence-electron chi connectivity index (χ3n) is 4.65. The van der Waals surface area contributed by atoms with Crippen molar-refractivity contribution in [2.45, 2.75) is 18.7 Å². The van der Waals surface area contributed by atoms with E-state index in [1.54, 1.807) is 13.8 Å². The highest BCUT2D eigenvalue weighted by molar-refractivity contribution is 7.89. The van der Waals surface area contributed by atoms with E-state index >= 15 is 0 Å². The van der Waals surface area contributed by atoms with Crippen LogP contribution < -0.4 is 10.6 Å². The van der Waals surface area contributed by atoms with Crippen LogP contribution in [0.25, 0.3) is 0 Å². The van der Waals surface area contributed by atoms with Gasteiger partial charge in [-0.05, 0) is 36.4 Å². The molecule has 0 atom stereocenters. The van der Waals surface area contributed by atoms with Gasteiger partial charge in [-0.1, -0.05) is 13.8 Å². The van der Waals surface area contributed by atoms with E-state index in [1.807, 2.05) is 0 Å². The largest absolute Gasteiger partial charge is 0.353 e. The summed E-state index contributed by atoms with van der Waals surface area (Å²) in [6, 6.07) is 8.21. The number of nitro groups is 1. The van der Waals surface area contributed by atoms with Gasteiger partial charge in [0.15, 0.2) is 0 Å². The Morgan fingerprint density at radius 2 is 1.61 bits per heavy atom. The molecule has 0 unspecified atom stereocenters. The first kappa shape index (κ1) is 23.9. The van der Waals surface area contributed by atoms with Crippen molar-refractivity contribution >= 4 is 38.7 Å². The SMILES string of the molecule is CCN(CC)S(=O)(=O)c1ccc(Nc2ncnc(Nc3cc(F)ccc3F)c2[N+](=O)[O-])cc1. The van der Waals surface area contributed by atoms with Gasteiger partial charge in [0.2, 0.25) is 21.7 Å². The Balaban J connectivity index is 1.92. The second-order valence-electron chi connectivity index (χ2n) is 6.66. The molecule has 0 spiro atoms. The van der Waals surface area contributed by atoms with Crippen molar-refractivity contribution in [1.29, 1.82) is 0 Å². The number of nitrogens with zero attached hydrogens (tertiary/aromatic N) is 4. The minimum atomic E-state index is -3.67. The summed E-state index contributed by atoms with van der Waals surface area (Å²) in [7, 11) is -3.67. The summed E-state index contributed by atoms with van der Waals surface area (Å²) in [5.74, 6) is -2.16. The topological polar surface area (TPSA) is 130 Å². The normalized spacial score (nSPS) is 11.4. The Morgan fingerprint density at radius 3 is 2.18 bits per heavy atom. The van der Waals surface area contributed by atoms with E-state index in [0.717, 1.165) is 24.5 Å². The maximum absolute atomic E-state index is 14.0. The third-order valence-corrected chi connectivity index (χ3v) is 6.71. The standard InChI is InChI=1S/C20H20F2N6O4S/c1-3-27(4-2)33(31,32)15-8-6-14(7-9-15)25-19-18(28(29)30)20(24-12-23-19)26-17-11-13(21)5-10-16(17)22/h5-12H,3-4H2,1-2H3,(H2,23,24,25,26). The van der Waals surface area contributed by atoms with Crippen LogP contribution in [0, 0.1) is 21.7 Å². The number of aromatic nitrogens is 2. The first-order valence-corrected chi connectivity index (χ1v) is 11.2. The number of rotatable bonds is 9. The van der Waals surface area contributed by atoms with Crippen LogP contribution in [-0.2, 0) is 10.0 Å². The van der Waals surface area contributed by atoms with Crippen LogP contribution in [0.1, 0.15) is 13.8 Å². The van der Waals surface area contributed by atoms with E-state index in [2.05, 4.69) is 20.6 Å². The molecule has 3 rings (SSSR count). The average Bonchev–Trinajstić information content (AvgIpc) is 2.77. The van der Waals surface area contributed by atoms with Gasteiger partial charge in [0.1, 0.15) is 18.0 Å². The van der Waals surface area contributed by atoms with E-state index in [4.69, 9.17) is 0 Å². The van der Waals surface area contributed by atoms with Crippen LogP contribution in [-0.4, -0.2) is 40.7 Å². The fourth-order valence-corrected chi connectivity index (χ4v) is 4.47. The number of benzene rings is 2. The lowest BCUT2D eigenvalue weighted by Crippen LogP contribution is -2.30. The molecule has 0 aliphatic rings. The minimum absolute atomic E-state index is 0.0675. The van der Waals surface area contributed by atoms with Gasteiger partial charge in [0, 0.05) is 24.8 Å². The molecule has 0 saturated carbocycles. The Bertz CT molecular complexity index is 1270. The Labute approximate surface area is 188 Å². The van der Waals surface area contributed by atoms with Crippen LogP contribution >= 0.6 is 0 Å². The van der Waals surface area contributed by atoms with Crippen molar-refractivity contribution in [1.82, 2.24) is 14.3 Å². The number of sulfonamides is 1. The quantitative estimate of drug-likeness (QED) is 0.346. The first-order chi connectivity index (χ1) is 15.7. The van der Waals surface area contributed by atoms with Crippen LogP contribution in [0.3, 0.4) is 0 Å². The molecule has 0 fully saturated rings. The van der Waals surface area contributed by atoms with Gasteiger partial charge in [0.05, 0.1) is 15.5 Å². The molecule has 13 heteroatoms. The van der Waals surface area contributed by atoms with Gasteiger partial charge in [-0.15, -0.1) is 0 Å². The Kier molecular flexibility index (Phi) is 7.13. The molecular weight excluding hydrogens is 458 g/mol. The molecule has 1 heterocycles. The molecule has 0 aliphatic heterocycles. The molecule has 0 saturated heterocycles. The zero-order valence-corrected chi connectivity index (χ0v) is 18.4. The first-order valence-electron chi connectivity index (χ1n) is 9.76. The fourth-order valence-electron chi connectivity index (χ4n) is 3.02. The molecule has 0 amide bonds. The minimum Gasteiger partial charge on any atom is -0.334 e. The van der Waals surface area contributed by atoms with E-state index < -0.39 is 32.3 Å². The van der Waals surface area contributed by atoms with Gasteiger partial charge < -0.3 is 10.6 Å². The zero-order valence-electron chi connectivity index (χ0n) is 17.6. The van der Waals surface area contributed by atoms with Crippen LogP contribution in [0.4, 0.5) is 37.5 Å². The van der Waals surface area contributed by atoms with E-state index in [1.165, 1.54) is 28.6 Å². The molecule has 33 heavy (non-hydrogen) atoms. The number of halogens is 2. The number of hydrogen-bond acceptors (Lipinski definition) is 8. The molecular formula is C20H20F2N6O4S. The predicted octanol–water partition coefficient (Wildman–Crippen LogP) is 4.18. The molecule has 2 aromatic carbocycles. The third kappa shape index (κ3) is 5.21. The van der Waals surface area contributed by atoms with Gasteiger partial charge in [0.25, 0.3) is 0 Å². The van der Waals surface area contributed by atoms with Crippen molar-refractivity contribution in [3.05, 3.63) is 70.5 Å². The average molecular weight is 478 g/mol. The van der Waals surface area contributed by atoms with Crippen molar-refractivity contribution in [2.24, 2.45) is 0 Å². The van der Waals surface area contributed by atoms with Crippen LogP contribution in [0.5, 0.6) is 0 Å². The van der Waals surface area contributed by atoms with Crippen molar-refractivity contribution < 1.29 is 22.1 Å². The van der Waals surface area contributed by atoms with E-state index in [9.17, 15) is 27.3 Å². The highest BCUT2D eigenvalue weighted by Crippen LogP contribution is 2.34. The van der Waals surface area contributed by atoms with Crippen LogP contribution in [0.15, 0.2) is 53.7 Å². The van der Waals surface area contributed by atoms with E-state index in [-0.39, 0.29) is 22.2 Å². The summed E-state index contributed by atoms with van der Waals surface area (Å²) in [6.07, 6.45) is 1.01. The van der Waals surface area contributed by atoms with Gasteiger partial charge in [-0.3, -0.25) is 10.1 Å². The van der Waals surface area contributed by atoms with Crippen molar-refractivity contribution in [2.75, 3.05) is 23.7 Å². The summed E-state index contributed by atoms with van der Waals surface area (Å²) >= 11 is 0. The molecule has 3 aromatic rings. The summed E-state index contributed by atoms with van der Waals surface area (Å²) in [5, 5.41) is 16.8. The lowest BCUT2D eigenvalue weighted by Gasteiger charge is -2.18. The zero-order chi connectivity index (χ0) is 24.2. The molecule has 1 aromatic heterocycles. The lowest BCUT2D eigenvalue weighted by molar-refractivity contribution is -0.383. The lowest BCUT2D eigenvalue weighted by atomic mass is 10.3. The number of nitrogens with one attached hydrogen (secondary N) is 2. The maximum Gasteiger partial charge on any atom is 0.353 e. The highest BCUT2D eigenvalue weighted by atomic mass is 32.2. The van der Waals surface area contributed by atoms with Crippen molar-refractivity contribution in [3.8, 4) is 0 Å². The van der Waals surface area contributed by atoms with E-state index in [0.29, 0.717) is 18.8 Å². The molecule has 0 aliphatic carbocycles. The molecule has 2 N–H and O–H groups in total. The summed E-state index contributed by atoms with van der Waals surface area (Å²) in [4.78, 5) is 18.6. The highest BCUT2D eigenvalue weighted by Gasteiger charge is 2.25.